The van der Waals surface area contributed by atoms with Gasteiger partial charge in [0.2, 0.25) is 5.88 Å². The van der Waals surface area contributed by atoms with Crippen LogP contribution in [0.5, 0.6) is 46.1 Å². The minimum Gasteiger partial charge on any atom is -0.508 e. The van der Waals surface area contributed by atoms with Gasteiger partial charge in [0.15, 0.2) is 23.1 Å². The van der Waals surface area contributed by atoms with E-state index in [-0.39, 0.29) is 67.7 Å². The zero-order valence-electron chi connectivity index (χ0n) is 90.9. The van der Waals surface area contributed by atoms with Crippen molar-refractivity contribution in [1.29, 1.82) is 0 Å². The monoisotopic (exact) mass is 1950 g/mol. The van der Waals surface area contributed by atoms with Crippen LogP contribution in [0.4, 0.5) is 4.39 Å². The minimum atomic E-state index is -0.398. The van der Waals surface area contributed by atoms with Crippen LogP contribution in [-0.2, 0) is 37.9 Å². The maximum Gasteiger partial charge on any atom is 0.213 e. The Morgan fingerprint density at radius 1 is 0.261 bits per heavy atom. The molecule has 754 valence electrons. The highest BCUT2D eigenvalue weighted by Crippen LogP contribution is 2.39. The average molecular weight is 1950 g/mol. The number of benzene rings is 6. The number of ether oxygens (including phenoxy) is 7. The van der Waals surface area contributed by atoms with Gasteiger partial charge < -0.3 is 38.3 Å². The fourth-order valence-electron chi connectivity index (χ4n) is 15.2. The Bertz CT molecular complexity index is 6430. The van der Waals surface area contributed by atoms with Crippen LogP contribution >= 0.6 is 11.6 Å². The number of hydrogen-bond donors (Lipinski definition) is 1. The lowest BCUT2D eigenvalue weighted by Crippen LogP contribution is -2.17. The summed E-state index contributed by atoms with van der Waals surface area (Å²) in [6, 6.07) is 43.1. The lowest BCUT2D eigenvalue weighted by molar-refractivity contribution is 0.232. The second kappa shape index (κ2) is 48.9. The molecular formula is C117H149ClFN15O8. The summed E-state index contributed by atoms with van der Waals surface area (Å²) in [5.41, 5.74) is 25.8. The largest absolute Gasteiger partial charge is 0.508 e. The second-order valence-electron chi connectivity index (χ2n) is 42.8. The number of phenols is 1. The van der Waals surface area contributed by atoms with E-state index in [0.29, 0.717) is 39.4 Å². The van der Waals surface area contributed by atoms with E-state index in [1.54, 1.807) is 82.8 Å². The van der Waals surface area contributed by atoms with Gasteiger partial charge in [0.05, 0.1) is 215 Å². The molecule has 0 saturated carbocycles. The Hall–Kier alpha value is -13.4. The molecule has 0 saturated heterocycles. The summed E-state index contributed by atoms with van der Waals surface area (Å²) in [6.45, 7) is 70.7. The molecule has 25 heteroatoms. The van der Waals surface area contributed by atoms with E-state index in [1.165, 1.54) is 13.2 Å². The van der Waals surface area contributed by atoms with Gasteiger partial charge in [-0.3, -0.25) is 34.9 Å². The molecule has 14 rings (SSSR count). The third-order valence-electron chi connectivity index (χ3n) is 21.8. The topological polar surface area (TPSA) is 278 Å². The molecular weight excluding hydrogens is 1800 g/mol. The number of phenolic OH excluding ortho intramolecular Hbond substituents is 1. The van der Waals surface area contributed by atoms with Crippen molar-refractivity contribution in [2.45, 2.75) is 292 Å². The predicted molar refractivity (Wildman–Crippen MR) is 574 cm³/mol. The molecule has 0 atom stereocenters. The molecule has 6 aromatic carbocycles. The van der Waals surface area contributed by atoms with Gasteiger partial charge in [-0.25, -0.2) is 44.3 Å². The van der Waals surface area contributed by atoms with Crippen LogP contribution in [0.2, 0.25) is 5.02 Å². The number of methoxy groups -OCH3 is 4. The fourth-order valence-corrected chi connectivity index (χ4v) is 15.4. The van der Waals surface area contributed by atoms with Gasteiger partial charge in [-0.15, -0.1) is 0 Å². The third-order valence-corrected chi connectivity index (χ3v) is 22.1. The van der Waals surface area contributed by atoms with Crippen molar-refractivity contribution in [2.24, 2.45) is 0 Å². The van der Waals surface area contributed by atoms with Crippen LogP contribution in [0, 0.1) is 54.3 Å². The SMILES string of the molecule is COc1ccc(-c2cnc(C)c(C(C)(C)C)n2)cc1F.COc1ccc(-c2cnc(C)c(C(C)(C)C)n2)cc1OC.COc1cccc(-c2cnc(C)c(C(C)(C)C)n2)c1.Cc1ncc(-c2ccc(OC(C)C)c(Cl)c2)nc1C(C)(C)C.Cc1ncc(-c2ccc(OC(C)C)cc2)nc1C(C)(C)C.Cc1ncc(-c2ccc(OC(C)C)nc2)nc1C(C)(C)C.Cc1ncc(-c2cccc(O)c2)nc1C(C)(C)C. The maximum absolute atomic E-state index is 13.8. The van der Waals surface area contributed by atoms with Crippen molar-refractivity contribution in [3.8, 4) is 125 Å². The molecule has 0 radical (unpaired) electrons. The first-order valence-electron chi connectivity index (χ1n) is 48.0. The normalized spacial score (nSPS) is 11.6. The van der Waals surface area contributed by atoms with Crippen molar-refractivity contribution in [3.63, 3.8) is 0 Å². The highest BCUT2D eigenvalue weighted by molar-refractivity contribution is 6.32. The molecule has 0 aliphatic heterocycles. The van der Waals surface area contributed by atoms with Crippen LogP contribution in [0.25, 0.3) is 78.8 Å². The van der Waals surface area contributed by atoms with E-state index in [4.69, 9.17) is 69.7 Å². The molecule has 0 unspecified atom stereocenters. The molecule has 0 bridgehead atoms. The third kappa shape index (κ3) is 32.9. The first kappa shape index (κ1) is 114. The maximum atomic E-state index is 13.8. The summed E-state index contributed by atoms with van der Waals surface area (Å²) >= 11 is 6.31. The van der Waals surface area contributed by atoms with E-state index in [2.05, 4.69) is 195 Å². The zero-order chi connectivity index (χ0) is 106. The van der Waals surface area contributed by atoms with Crippen molar-refractivity contribution in [2.75, 3.05) is 28.4 Å². The van der Waals surface area contributed by atoms with Crippen molar-refractivity contribution in [3.05, 3.63) is 280 Å². The van der Waals surface area contributed by atoms with E-state index in [0.717, 1.165) is 159 Å². The first-order chi connectivity index (χ1) is 66.2. The molecule has 14 aromatic rings. The molecule has 8 aromatic heterocycles. The van der Waals surface area contributed by atoms with Crippen LogP contribution in [0.3, 0.4) is 0 Å². The summed E-state index contributed by atoms with van der Waals surface area (Å²) in [7, 11) is 6.37. The van der Waals surface area contributed by atoms with Gasteiger partial charge in [0, 0.05) is 89.1 Å². The smallest absolute Gasteiger partial charge is 0.213 e. The number of pyridine rings is 1. The number of hydrogen-bond acceptors (Lipinski definition) is 23. The van der Waals surface area contributed by atoms with Gasteiger partial charge in [0.1, 0.15) is 23.0 Å². The van der Waals surface area contributed by atoms with Gasteiger partial charge in [-0.2, -0.15) is 0 Å². The number of rotatable bonds is 17. The van der Waals surface area contributed by atoms with E-state index in [9.17, 15) is 9.50 Å². The molecule has 0 aliphatic rings. The number of aromatic hydroxyl groups is 1. The molecule has 1 N–H and O–H groups in total. The summed E-state index contributed by atoms with van der Waals surface area (Å²) in [5.74, 6) is 4.50. The van der Waals surface area contributed by atoms with Crippen LogP contribution in [0.1, 0.15) is 267 Å². The van der Waals surface area contributed by atoms with Crippen molar-refractivity contribution < 1.29 is 42.7 Å². The van der Waals surface area contributed by atoms with E-state index < -0.39 is 5.82 Å². The Morgan fingerprint density at radius 3 is 0.852 bits per heavy atom. The van der Waals surface area contributed by atoms with Crippen molar-refractivity contribution in [1.82, 2.24) is 74.8 Å². The summed E-state index contributed by atoms with van der Waals surface area (Å²) in [5, 5.41) is 10.1. The number of aryl methyl sites for hydroxylation is 7. The van der Waals surface area contributed by atoms with E-state index in [1.807, 2.05) is 212 Å². The highest BCUT2D eigenvalue weighted by Gasteiger charge is 2.28. The molecule has 0 aliphatic carbocycles. The molecule has 8 heterocycles. The summed E-state index contributed by atoms with van der Waals surface area (Å²) < 4.78 is 51.4. The lowest BCUT2D eigenvalue weighted by Gasteiger charge is -2.20. The molecule has 142 heavy (non-hydrogen) atoms. The molecule has 0 amide bonds. The second-order valence-corrected chi connectivity index (χ2v) is 43.2. The van der Waals surface area contributed by atoms with Crippen LogP contribution < -0.4 is 33.2 Å². The van der Waals surface area contributed by atoms with E-state index >= 15 is 0 Å². The highest BCUT2D eigenvalue weighted by atomic mass is 35.5. The zero-order valence-corrected chi connectivity index (χ0v) is 91.7. The van der Waals surface area contributed by atoms with Crippen molar-refractivity contribution >= 4 is 11.6 Å². The predicted octanol–water partition coefficient (Wildman–Crippen LogP) is 28.5. The van der Waals surface area contributed by atoms with Gasteiger partial charge in [-0.05, 0) is 199 Å². The first-order valence-corrected chi connectivity index (χ1v) is 48.3. The van der Waals surface area contributed by atoms with Gasteiger partial charge >= 0.3 is 0 Å². The summed E-state index contributed by atoms with van der Waals surface area (Å²) in [6.07, 6.45) is 14.6. The Balaban J connectivity index is 0.000000203. The summed E-state index contributed by atoms with van der Waals surface area (Å²) in [4.78, 5) is 68.7. The Labute approximate surface area is 848 Å². The molecule has 0 spiro atoms. The minimum absolute atomic E-state index is 0.00616. The number of aromatic nitrogens is 15. The lowest BCUT2D eigenvalue weighted by atomic mass is 9.90. The molecule has 0 fully saturated rings. The van der Waals surface area contributed by atoms with Gasteiger partial charge in [-0.1, -0.05) is 181 Å². The molecule has 23 nitrogen and oxygen atoms in total. The standard InChI is InChI=1S/C18H23ClN2O.C18H24N2O.C17H23N3O.C17H22N2O2.C16H19FN2O.C16H20N2O.C15H18N2O/c1-11(2)22-16-8-7-13(9-14(16)19)15-10-20-12(3)17(21-15)18(4,5)6;1-12(2)21-15-9-7-14(8-10-15)16-11-19-13(3)17(20-16)18(4,5)6;1-11(2)21-15-8-7-13(9-19-15)14-10-18-12(3)16(20-14)17(4,5)6;1-11-16(17(2,3)4)19-13(10-18-11)12-7-8-14(20-5)15(9-12)21-6;1-10-15(16(2,3)4)19-13(9-18-10)11-6-7-14(20-5)12(17)8-11;1-11-15(16(2,3)4)18-14(10-17-11)12-7-6-8-13(9-12)19-5;1-10-14(15(2,3)4)17-13(9-16-10)11-6-5-7-12(18)8-11/h7-11H,1-6H3;7-12H,1-6H3;7-11H,1-6H3;7-10H,1-6H3;6-9H,1-5H3;6-10H,1-5H3;5-9,18H,1-4H3. The van der Waals surface area contributed by atoms with Crippen LogP contribution in [-0.4, -0.2) is 127 Å². The Morgan fingerprint density at radius 2 is 0.549 bits per heavy atom. The quantitative estimate of drug-likeness (QED) is 0.0886. The number of nitrogens with zero attached hydrogens (tertiary/aromatic N) is 15. The van der Waals surface area contributed by atoms with Gasteiger partial charge in [0.25, 0.3) is 0 Å². The average Bonchev–Trinajstić information content (AvgIpc) is 0.853. The van der Waals surface area contributed by atoms with Crippen LogP contribution in [0.15, 0.2) is 189 Å². The Kier molecular flexibility index (Phi) is 39.2. The fraction of sp³-hybridized carbons (Fsp3) is 0.410. The number of halogens is 2.